The van der Waals surface area contributed by atoms with Crippen molar-refractivity contribution in [1.29, 1.82) is 0 Å². The summed E-state index contributed by atoms with van der Waals surface area (Å²) >= 11 is 12.9. The zero-order valence-corrected chi connectivity index (χ0v) is 24.8. The molecule has 0 saturated heterocycles. The normalized spacial score (nSPS) is 16.9. The number of amides is 1. The molecular weight excluding hydrogens is 507 g/mol. The summed E-state index contributed by atoms with van der Waals surface area (Å²) in [5.74, 6) is -0.0772. The average Bonchev–Trinajstić information content (AvgIpc) is 2.78. The fourth-order valence-corrected chi connectivity index (χ4v) is 5.05. The number of rotatable bonds is 12. The van der Waals surface area contributed by atoms with Crippen LogP contribution in [0, 0.1) is 5.41 Å². The van der Waals surface area contributed by atoms with E-state index in [2.05, 4.69) is 36.3 Å². The molecule has 1 amide bonds. The maximum atomic E-state index is 13.7. The number of hydrogen-bond acceptors (Lipinski definition) is 5. The van der Waals surface area contributed by atoms with Crippen LogP contribution in [0.2, 0.25) is 10.0 Å². The van der Waals surface area contributed by atoms with Gasteiger partial charge in [0.2, 0.25) is 5.91 Å². The van der Waals surface area contributed by atoms with Crippen molar-refractivity contribution in [2.75, 3.05) is 34.2 Å². The minimum Gasteiger partial charge on any atom is -0.369 e. The number of carbonyl (C=O) groups is 2. The Morgan fingerprint density at radius 1 is 1.19 bits per heavy atom. The Balaban J connectivity index is 2.52. The number of hydrogen-bond donors (Lipinski definition) is 2. The maximum absolute atomic E-state index is 13.7. The molecule has 204 valence electrons. The van der Waals surface area contributed by atoms with E-state index in [1.165, 1.54) is 0 Å². The van der Waals surface area contributed by atoms with Gasteiger partial charge in [0, 0.05) is 53.1 Å². The molecule has 8 heteroatoms. The molecule has 0 radical (unpaired) electrons. The van der Waals surface area contributed by atoms with E-state index in [4.69, 9.17) is 23.2 Å². The predicted octanol–water partition coefficient (Wildman–Crippen LogP) is 6.09. The highest BCUT2D eigenvalue weighted by atomic mass is 35.5. The molecule has 0 bridgehead atoms. The maximum Gasteiger partial charge on any atom is 0.248 e. The van der Waals surface area contributed by atoms with E-state index in [0.29, 0.717) is 40.6 Å². The fraction of sp³-hybridized carbons (Fsp3) is 0.517. The molecule has 0 aromatic heterocycles. The van der Waals surface area contributed by atoms with Gasteiger partial charge in [0.05, 0.1) is 6.04 Å². The second-order valence-electron chi connectivity index (χ2n) is 10.7. The fourth-order valence-electron chi connectivity index (χ4n) is 4.54. The van der Waals surface area contributed by atoms with E-state index in [9.17, 15) is 9.59 Å². The topological polar surface area (TPSA) is 64.7 Å². The second kappa shape index (κ2) is 14.0. The zero-order valence-electron chi connectivity index (χ0n) is 23.3. The van der Waals surface area contributed by atoms with Gasteiger partial charge in [0.1, 0.15) is 0 Å². The molecule has 1 aliphatic carbocycles. The van der Waals surface area contributed by atoms with Crippen molar-refractivity contribution in [3.8, 4) is 0 Å². The number of allylic oxidation sites excluding steroid dienone is 2. The Labute approximate surface area is 232 Å². The number of halogens is 2. The first kappa shape index (κ1) is 30.9. The van der Waals surface area contributed by atoms with Gasteiger partial charge >= 0.3 is 0 Å². The van der Waals surface area contributed by atoms with Crippen LogP contribution in [0.4, 0.5) is 0 Å². The lowest BCUT2D eigenvalue weighted by atomic mass is 9.73. The summed E-state index contributed by atoms with van der Waals surface area (Å²) in [6, 6.07) is 4.83. The first-order chi connectivity index (χ1) is 17.4. The SMILES string of the molecule is CC/C=C/NC1=C(C(c2ccc(Cl)cc2Cl)N(C)/C=C(/C)C(=O)NCCCN(C)C)C(=O)CC(C)(C)C1. The molecule has 1 aliphatic rings. The van der Waals surface area contributed by atoms with Crippen LogP contribution in [0.3, 0.4) is 0 Å². The van der Waals surface area contributed by atoms with Gasteiger partial charge in [-0.3, -0.25) is 9.59 Å². The standard InChI is InChI=1S/C29H42Cl2N4O2/c1-8-9-13-32-24-17-29(3,4)18-25(36)26(24)27(22-12-11-21(30)16-23(22)31)35(7)19-20(2)28(37)33-14-10-15-34(5)6/h9,11-13,16,19,27,32H,8,10,14-15,17-18H2,1-7H3,(H,33,37)/b13-9+,20-19-. The van der Waals surface area contributed by atoms with Gasteiger partial charge in [-0.2, -0.15) is 0 Å². The highest BCUT2D eigenvalue weighted by molar-refractivity contribution is 6.35. The smallest absolute Gasteiger partial charge is 0.248 e. The quantitative estimate of drug-likeness (QED) is 0.244. The van der Waals surface area contributed by atoms with Crippen molar-refractivity contribution in [2.45, 2.75) is 59.4 Å². The summed E-state index contributed by atoms with van der Waals surface area (Å²) < 4.78 is 0. The number of Topliss-reactive ketones (excluding diaryl/α,β-unsaturated/α-hetero) is 1. The van der Waals surface area contributed by atoms with Crippen LogP contribution in [0.1, 0.15) is 65.0 Å². The Morgan fingerprint density at radius 3 is 2.51 bits per heavy atom. The summed E-state index contributed by atoms with van der Waals surface area (Å²) in [6.07, 6.45) is 8.59. The predicted molar refractivity (Wildman–Crippen MR) is 155 cm³/mol. The molecule has 1 aromatic rings. The van der Waals surface area contributed by atoms with Crippen LogP contribution in [0.5, 0.6) is 0 Å². The van der Waals surface area contributed by atoms with Gasteiger partial charge in [0.15, 0.2) is 5.78 Å². The van der Waals surface area contributed by atoms with E-state index in [1.54, 1.807) is 25.3 Å². The summed E-state index contributed by atoms with van der Waals surface area (Å²) in [5, 5.41) is 7.36. The van der Waals surface area contributed by atoms with E-state index < -0.39 is 6.04 Å². The van der Waals surface area contributed by atoms with Gasteiger partial charge in [-0.05, 0) is 76.1 Å². The van der Waals surface area contributed by atoms with Gasteiger partial charge in [-0.1, -0.05) is 56.1 Å². The van der Waals surface area contributed by atoms with Gasteiger partial charge in [0.25, 0.3) is 0 Å². The molecule has 2 rings (SSSR count). The van der Waals surface area contributed by atoms with Gasteiger partial charge < -0.3 is 20.4 Å². The van der Waals surface area contributed by atoms with Crippen molar-refractivity contribution in [1.82, 2.24) is 20.4 Å². The van der Waals surface area contributed by atoms with Crippen molar-refractivity contribution < 1.29 is 9.59 Å². The molecule has 6 nitrogen and oxygen atoms in total. The number of benzene rings is 1. The Morgan fingerprint density at radius 2 is 1.89 bits per heavy atom. The van der Waals surface area contributed by atoms with Crippen molar-refractivity contribution in [3.05, 3.63) is 69.1 Å². The van der Waals surface area contributed by atoms with Gasteiger partial charge in [-0.25, -0.2) is 0 Å². The van der Waals surface area contributed by atoms with Crippen LogP contribution in [-0.2, 0) is 9.59 Å². The molecule has 1 unspecified atom stereocenters. The lowest BCUT2D eigenvalue weighted by Crippen LogP contribution is -2.36. The summed E-state index contributed by atoms with van der Waals surface area (Å²) in [6.45, 7) is 9.54. The molecule has 0 fully saturated rings. The van der Waals surface area contributed by atoms with Crippen LogP contribution in [-0.4, -0.2) is 55.7 Å². The van der Waals surface area contributed by atoms with E-state index in [1.807, 2.05) is 44.4 Å². The number of nitrogens with one attached hydrogen (secondary N) is 2. The average molecular weight is 550 g/mol. The third kappa shape index (κ3) is 9.20. The second-order valence-corrected chi connectivity index (χ2v) is 11.6. The molecule has 2 N–H and O–H groups in total. The minimum atomic E-state index is -0.498. The highest BCUT2D eigenvalue weighted by Crippen LogP contribution is 2.43. The van der Waals surface area contributed by atoms with Crippen LogP contribution in [0.15, 0.2) is 53.5 Å². The number of ketones is 1. The molecule has 0 heterocycles. The van der Waals surface area contributed by atoms with Crippen LogP contribution < -0.4 is 10.6 Å². The number of nitrogens with zero attached hydrogens (tertiary/aromatic N) is 2. The molecule has 0 saturated carbocycles. The summed E-state index contributed by atoms with van der Waals surface area (Å²) in [4.78, 5) is 30.5. The van der Waals surface area contributed by atoms with Crippen molar-refractivity contribution in [3.63, 3.8) is 0 Å². The highest BCUT2D eigenvalue weighted by Gasteiger charge is 2.38. The molecule has 0 aliphatic heterocycles. The number of likely N-dealkylation sites (N-methyl/N-ethyl adjacent to an activating group) is 1. The van der Waals surface area contributed by atoms with Crippen LogP contribution >= 0.6 is 23.2 Å². The van der Waals surface area contributed by atoms with E-state index in [-0.39, 0.29) is 17.1 Å². The monoisotopic (exact) mass is 548 g/mol. The van der Waals surface area contributed by atoms with Gasteiger partial charge in [-0.15, -0.1) is 0 Å². The molecule has 37 heavy (non-hydrogen) atoms. The summed E-state index contributed by atoms with van der Waals surface area (Å²) in [5.41, 5.74) is 2.65. The lowest BCUT2D eigenvalue weighted by molar-refractivity contribution is -0.119. The third-order valence-corrected chi connectivity index (χ3v) is 6.85. The van der Waals surface area contributed by atoms with Crippen LogP contribution in [0.25, 0.3) is 0 Å². The Hall–Kier alpha value is -2.28. The molecule has 1 aromatic carbocycles. The Kier molecular flexibility index (Phi) is 11.7. The first-order valence-corrected chi connectivity index (χ1v) is 13.6. The largest absolute Gasteiger partial charge is 0.369 e. The minimum absolute atomic E-state index is 0.0608. The zero-order chi connectivity index (χ0) is 27.8. The Bertz CT molecular complexity index is 1060. The number of carbonyl (C=O) groups excluding carboxylic acids is 2. The summed E-state index contributed by atoms with van der Waals surface area (Å²) in [7, 11) is 5.89. The molecule has 0 spiro atoms. The third-order valence-electron chi connectivity index (χ3n) is 6.29. The van der Waals surface area contributed by atoms with E-state index in [0.717, 1.165) is 30.6 Å². The lowest BCUT2D eigenvalue weighted by Gasteiger charge is -2.38. The van der Waals surface area contributed by atoms with E-state index >= 15 is 0 Å². The molecular formula is C29H42Cl2N4O2. The molecule has 1 atom stereocenters. The van der Waals surface area contributed by atoms with Crippen molar-refractivity contribution >= 4 is 34.9 Å². The first-order valence-electron chi connectivity index (χ1n) is 12.8. The van der Waals surface area contributed by atoms with Crippen molar-refractivity contribution in [2.24, 2.45) is 5.41 Å².